The van der Waals surface area contributed by atoms with E-state index in [-0.39, 0.29) is 5.78 Å². The van der Waals surface area contributed by atoms with Crippen LogP contribution in [0.25, 0.3) is 0 Å². The van der Waals surface area contributed by atoms with Crippen LogP contribution in [0, 0.1) is 0 Å². The van der Waals surface area contributed by atoms with Crippen molar-refractivity contribution in [1.82, 2.24) is 0 Å². The molecule has 0 saturated carbocycles. The Kier molecular flexibility index (Phi) is 4.97. The van der Waals surface area contributed by atoms with Crippen LogP contribution < -0.4 is 5.32 Å². The lowest BCUT2D eigenvalue weighted by atomic mass is 10.1. The van der Waals surface area contributed by atoms with Crippen LogP contribution in [0.15, 0.2) is 60.8 Å². The fourth-order valence-corrected chi connectivity index (χ4v) is 1.89. The summed E-state index contributed by atoms with van der Waals surface area (Å²) in [7, 11) is 0. The van der Waals surface area contributed by atoms with Crippen LogP contribution in [0.3, 0.4) is 0 Å². The van der Waals surface area contributed by atoms with E-state index in [1.165, 1.54) is 11.6 Å². The van der Waals surface area contributed by atoms with Gasteiger partial charge in [0, 0.05) is 28.5 Å². The van der Waals surface area contributed by atoms with Crippen molar-refractivity contribution in [3.8, 4) is 0 Å². The quantitative estimate of drug-likeness (QED) is 0.637. The van der Waals surface area contributed by atoms with Crippen LogP contribution in [0.2, 0.25) is 5.02 Å². The number of hydrogen-bond donors (Lipinski definition) is 1. The zero-order valence-electron chi connectivity index (χ0n) is 11.3. The van der Waals surface area contributed by atoms with Gasteiger partial charge in [-0.2, -0.15) is 0 Å². The Morgan fingerprint density at radius 2 is 1.75 bits per heavy atom. The van der Waals surface area contributed by atoms with Gasteiger partial charge in [0.05, 0.1) is 0 Å². The summed E-state index contributed by atoms with van der Waals surface area (Å²) in [6, 6.07) is 15.0. The summed E-state index contributed by atoms with van der Waals surface area (Å²) < 4.78 is 0. The lowest BCUT2D eigenvalue weighted by Crippen LogP contribution is -1.96. The lowest BCUT2D eigenvalue weighted by molar-refractivity contribution is 0.104. The average molecular weight is 286 g/mol. The number of rotatable bonds is 5. The molecule has 0 fully saturated rings. The second-order valence-electron chi connectivity index (χ2n) is 4.40. The number of carbonyl (C=O) groups excluding carboxylic acids is 1. The van der Waals surface area contributed by atoms with Gasteiger partial charge in [-0.05, 0) is 36.2 Å². The molecule has 0 aliphatic rings. The highest BCUT2D eigenvalue weighted by Gasteiger charge is 2.00. The van der Waals surface area contributed by atoms with Crippen LogP contribution in [0.5, 0.6) is 0 Å². The molecule has 0 saturated heterocycles. The fourth-order valence-electron chi connectivity index (χ4n) is 1.76. The van der Waals surface area contributed by atoms with E-state index in [2.05, 4.69) is 12.2 Å². The van der Waals surface area contributed by atoms with Gasteiger partial charge in [0.1, 0.15) is 0 Å². The molecule has 0 radical (unpaired) electrons. The number of allylic oxidation sites excluding steroid dienone is 1. The zero-order valence-corrected chi connectivity index (χ0v) is 12.0. The lowest BCUT2D eigenvalue weighted by Gasteiger charge is -2.01. The first-order valence-electron chi connectivity index (χ1n) is 6.51. The molecule has 0 aromatic heterocycles. The maximum Gasteiger partial charge on any atom is 0.187 e. The second kappa shape index (κ2) is 6.92. The maximum absolute atomic E-state index is 11.9. The molecule has 20 heavy (non-hydrogen) atoms. The third-order valence-electron chi connectivity index (χ3n) is 2.98. The van der Waals surface area contributed by atoms with E-state index in [1.54, 1.807) is 18.3 Å². The summed E-state index contributed by atoms with van der Waals surface area (Å²) in [4.78, 5) is 11.9. The first-order chi connectivity index (χ1) is 9.69. The van der Waals surface area contributed by atoms with Gasteiger partial charge < -0.3 is 5.32 Å². The van der Waals surface area contributed by atoms with E-state index in [0.717, 1.165) is 12.1 Å². The average Bonchev–Trinajstić information content (AvgIpc) is 2.49. The SMILES string of the molecule is CCc1ccc(C(=O)/C=C\Nc2ccc(Cl)cc2)cc1. The second-order valence-corrected chi connectivity index (χ2v) is 4.84. The maximum atomic E-state index is 11.9. The van der Waals surface area contributed by atoms with Crippen molar-refractivity contribution in [3.05, 3.63) is 77.0 Å². The van der Waals surface area contributed by atoms with Crippen molar-refractivity contribution < 1.29 is 4.79 Å². The van der Waals surface area contributed by atoms with Crippen LogP contribution in [-0.2, 0) is 6.42 Å². The minimum atomic E-state index is -0.0193. The monoisotopic (exact) mass is 285 g/mol. The van der Waals surface area contributed by atoms with Crippen molar-refractivity contribution in [2.75, 3.05) is 5.32 Å². The van der Waals surface area contributed by atoms with Crippen LogP contribution in [0.1, 0.15) is 22.8 Å². The Labute approximate surface area is 124 Å². The van der Waals surface area contributed by atoms with Gasteiger partial charge in [-0.15, -0.1) is 0 Å². The molecule has 2 aromatic carbocycles. The van der Waals surface area contributed by atoms with Crippen LogP contribution in [-0.4, -0.2) is 5.78 Å². The Morgan fingerprint density at radius 1 is 1.10 bits per heavy atom. The molecule has 0 unspecified atom stereocenters. The number of ketones is 1. The van der Waals surface area contributed by atoms with E-state index >= 15 is 0 Å². The first kappa shape index (κ1) is 14.4. The molecule has 0 atom stereocenters. The normalized spacial score (nSPS) is 10.7. The predicted molar refractivity (Wildman–Crippen MR) is 84.4 cm³/mol. The standard InChI is InChI=1S/C17H16ClNO/c1-2-13-3-5-14(6-4-13)17(20)11-12-19-16-9-7-15(18)8-10-16/h3-12,19H,2H2,1H3/b12-11-. The van der Waals surface area contributed by atoms with Crippen LogP contribution >= 0.6 is 11.6 Å². The minimum Gasteiger partial charge on any atom is -0.362 e. The minimum absolute atomic E-state index is 0.0193. The highest BCUT2D eigenvalue weighted by Crippen LogP contribution is 2.13. The van der Waals surface area contributed by atoms with Crippen LogP contribution in [0.4, 0.5) is 5.69 Å². The van der Waals surface area contributed by atoms with E-state index in [9.17, 15) is 4.79 Å². The molecular formula is C17H16ClNO. The summed E-state index contributed by atoms with van der Waals surface area (Å²) in [6.07, 6.45) is 4.14. The van der Waals surface area contributed by atoms with E-state index < -0.39 is 0 Å². The molecule has 2 aromatic rings. The highest BCUT2D eigenvalue weighted by atomic mass is 35.5. The smallest absolute Gasteiger partial charge is 0.187 e. The largest absolute Gasteiger partial charge is 0.362 e. The Morgan fingerprint density at radius 3 is 2.35 bits per heavy atom. The Balaban J connectivity index is 1.96. The molecule has 0 amide bonds. The van der Waals surface area contributed by atoms with Gasteiger partial charge >= 0.3 is 0 Å². The third-order valence-corrected chi connectivity index (χ3v) is 3.23. The van der Waals surface area contributed by atoms with Gasteiger partial charge in [-0.3, -0.25) is 4.79 Å². The van der Waals surface area contributed by atoms with Gasteiger partial charge in [-0.25, -0.2) is 0 Å². The summed E-state index contributed by atoms with van der Waals surface area (Å²) in [5, 5.41) is 3.72. The van der Waals surface area contributed by atoms with Crippen molar-refractivity contribution >= 4 is 23.1 Å². The first-order valence-corrected chi connectivity index (χ1v) is 6.89. The highest BCUT2D eigenvalue weighted by molar-refractivity contribution is 6.30. The summed E-state index contributed by atoms with van der Waals surface area (Å²) in [5.41, 5.74) is 2.81. The topological polar surface area (TPSA) is 29.1 Å². The number of halogens is 1. The number of carbonyl (C=O) groups is 1. The van der Waals surface area contributed by atoms with Gasteiger partial charge in [0.25, 0.3) is 0 Å². The Hall–Kier alpha value is -2.06. The van der Waals surface area contributed by atoms with E-state index in [0.29, 0.717) is 10.6 Å². The molecular weight excluding hydrogens is 270 g/mol. The molecule has 0 aliphatic heterocycles. The molecule has 1 N–H and O–H groups in total. The summed E-state index contributed by atoms with van der Waals surface area (Å²) in [5.74, 6) is -0.0193. The molecule has 3 heteroatoms. The van der Waals surface area contributed by atoms with Gasteiger partial charge in [-0.1, -0.05) is 42.8 Å². The van der Waals surface area contributed by atoms with Crippen molar-refractivity contribution in [3.63, 3.8) is 0 Å². The van der Waals surface area contributed by atoms with Gasteiger partial charge in [0.2, 0.25) is 0 Å². The summed E-state index contributed by atoms with van der Waals surface area (Å²) >= 11 is 5.80. The molecule has 0 bridgehead atoms. The van der Waals surface area contributed by atoms with E-state index in [1.807, 2.05) is 36.4 Å². The number of benzene rings is 2. The molecule has 0 aliphatic carbocycles. The zero-order chi connectivity index (χ0) is 14.4. The summed E-state index contributed by atoms with van der Waals surface area (Å²) in [6.45, 7) is 2.09. The molecule has 102 valence electrons. The Bertz CT molecular complexity index is 600. The molecule has 2 nitrogen and oxygen atoms in total. The van der Waals surface area contributed by atoms with Crippen molar-refractivity contribution in [2.24, 2.45) is 0 Å². The number of anilines is 1. The molecule has 0 heterocycles. The van der Waals surface area contributed by atoms with Gasteiger partial charge in [0.15, 0.2) is 5.78 Å². The molecule has 0 spiro atoms. The fraction of sp³-hybridized carbons (Fsp3) is 0.118. The predicted octanol–water partition coefficient (Wildman–Crippen LogP) is 4.71. The number of aryl methyl sites for hydroxylation is 1. The molecule has 2 rings (SSSR count). The van der Waals surface area contributed by atoms with E-state index in [4.69, 9.17) is 11.6 Å². The number of hydrogen-bond acceptors (Lipinski definition) is 2. The van der Waals surface area contributed by atoms with Crippen molar-refractivity contribution in [2.45, 2.75) is 13.3 Å². The third kappa shape index (κ3) is 3.97. The number of nitrogens with one attached hydrogen (secondary N) is 1. The van der Waals surface area contributed by atoms with Crippen molar-refractivity contribution in [1.29, 1.82) is 0 Å².